The molecular formula is C22H16ClF4N3O4. The zero-order valence-electron chi connectivity index (χ0n) is 17.2. The van der Waals surface area contributed by atoms with Crippen molar-refractivity contribution < 1.29 is 36.7 Å². The summed E-state index contributed by atoms with van der Waals surface area (Å²) in [6.45, 7) is -0.0556. The summed E-state index contributed by atoms with van der Waals surface area (Å²) in [7, 11) is 0. The molecular weight excluding hydrogens is 482 g/mol. The Balaban J connectivity index is 1.57. The molecule has 2 aliphatic heterocycles. The second-order valence-electron chi connectivity index (χ2n) is 7.89. The normalized spacial score (nSPS) is 19.0. The van der Waals surface area contributed by atoms with E-state index < -0.39 is 53.3 Å². The number of carbonyl (C=O) groups is 4. The minimum Gasteiger partial charge on any atom is -0.337 e. The molecule has 0 spiro atoms. The number of amides is 4. The summed E-state index contributed by atoms with van der Waals surface area (Å²) in [5, 5.41) is 3.62. The Labute approximate surface area is 195 Å². The summed E-state index contributed by atoms with van der Waals surface area (Å²) >= 11 is 5.82. The molecule has 12 heteroatoms. The van der Waals surface area contributed by atoms with Gasteiger partial charge in [0.1, 0.15) is 11.9 Å². The number of hydrogen-bond acceptors (Lipinski definition) is 4. The molecule has 0 aromatic heterocycles. The maximum Gasteiger partial charge on any atom is 0.412 e. The number of piperidine rings is 1. The molecule has 2 aliphatic rings. The molecule has 2 N–H and O–H groups in total. The quantitative estimate of drug-likeness (QED) is 0.500. The van der Waals surface area contributed by atoms with Crippen LogP contribution in [-0.4, -0.2) is 40.7 Å². The van der Waals surface area contributed by atoms with Crippen LogP contribution in [0.2, 0.25) is 5.02 Å². The van der Waals surface area contributed by atoms with Crippen molar-refractivity contribution >= 4 is 35.2 Å². The number of nitrogens with zero attached hydrogens (tertiary/aromatic N) is 1. The molecule has 2 heterocycles. The van der Waals surface area contributed by atoms with Crippen molar-refractivity contribution in [2.24, 2.45) is 0 Å². The van der Waals surface area contributed by atoms with Crippen molar-refractivity contribution in [2.45, 2.75) is 37.6 Å². The second-order valence-corrected chi connectivity index (χ2v) is 8.29. The van der Waals surface area contributed by atoms with Gasteiger partial charge in [-0.1, -0.05) is 11.6 Å². The molecule has 2 unspecified atom stereocenters. The van der Waals surface area contributed by atoms with Gasteiger partial charge in [-0.25, -0.2) is 4.39 Å². The van der Waals surface area contributed by atoms with E-state index in [-0.39, 0.29) is 35.5 Å². The first-order valence-corrected chi connectivity index (χ1v) is 10.4. The maximum atomic E-state index is 13.7. The van der Waals surface area contributed by atoms with E-state index in [0.717, 1.165) is 12.1 Å². The van der Waals surface area contributed by atoms with Crippen LogP contribution in [0.4, 0.5) is 17.6 Å². The van der Waals surface area contributed by atoms with E-state index >= 15 is 0 Å². The Morgan fingerprint density at radius 1 is 1.15 bits per heavy atom. The molecule has 0 radical (unpaired) electrons. The zero-order valence-corrected chi connectivity index (χ0v) is 18.0. The van der Waals surface area contributed by atoms with Gasteiger partial charge in [-0.15, -0.1) is 0 Å². The highest BCUT2D eigenvalue weighted by atomic mass is 35.5. The summed E-state index contributed by atoms with van der Waals surface area (Å²) in [5.41, 5.74) is -0.280. The lowest BCUT2D eigenvalue weighted by molar-refractivity contribution is -0.155. The van der Waals surface area contributed by atoms with Gasteiger partial charge in [0.05, 0.1) is 0 Å². The summed E-state index contributed by atoms with van der Waals surface area (Å²) in [5.74, 6) is -3.61. The van der Waals surface area contributed by atoms with Crippen molar-refractivity contribution in [1.29, 1.82) is 0 Å². The molecule has 34 heavy (non-hydrogen) atoms. The lowest BCUT2D eigenvalue weighted by Crippen LogP contribution is -2.52. The Hall–Kier alpha value is -3.47. The molecule has 1 fully saturated rings. The monoisotopic (exact) mass is 497 g/mol. The fourth-order valence-corrected chi connectivity index (χ4v) is 4.23. The molecule has 0 aliphatic carbocycles. The minimum absolute atomic E-state index is 0.0556. The van der Waals surface area contributed by atoms with Gasteiger partial charge in [-0.3, -0.25) is 24.5 Å². The Morgan fingerprint density at radius 3 is 2.56 bits per heavy atom. The van der Waals surface area contributed by atoms with Crippen LogP contribution < -0.4 is 10.6 Å². The van der Waals surface area contributed by atoms with Gasteiger partial charge in [0, 0.05) is 34.7 Å². The van der Waals surface area contributed by atoms with Crippen LogP contribution >= 0.6 is 11.6 Å². The second kappa shape index (κ2) is 8.71. The van der Waals surface area contributed by atoms with Gasteiger partial charge in [-0.2, -0.15) is 13.2 Å². The van der Waals surface area contributed by atoms with Crippen LogP contribution in [0.25, 0.3) is 0 Å². The minimum atomic E-state index is -4.97. The lowest BCUT2D eigenvalue weighted by atomic mass is 10.0. The average molecular weight is 498 g/mol. The molecule has 4 rings (SSSR count). The summed E-state index contributed by atoms with van der Waals surface area (Å²) in [6.07, 6.45) is -4.77. The molecule has 178 valence electrons. The van der Waals surface area contributed by atoms with E-state index in [4.69, 9.17) is 11.6 Å². The van der Waals surface area contributed by atoms with Gasteiger partial charge >= 0.3 is 6.18 Å². The fraction of sp³-hybridized carbons (Fsp3) is 0.273. The molecule has 2 aromatic rings. The smallest absolute Gasteiger partial charge is 0.337 e. The van der Waals surface area contributed by atoms with E-state index in [1.54, 1.807) is 0 Å². The van der Waals surface area contributed by atoms with E-state index in [1.807, 2.05) is 5.32 Å². The molecule has 2 aromatic carbocycles. The van der Waals surface area contributed by atoms with Crippen molar-refractivity contribution in [3.05, 3.63) is 69.5 Å². The zero-order chi connectivity index (χ0) is 24.8. The van der Waals surface area contributed by atoms with Crippen molar-refractivity contribution in [1.82, 2.24) is 15.5 Å². The lowest BCUT2D eigenvalue weighted by Gasteiger charge is -2.29. The number of nitrogens with one attached hydrogen (secondary N) is 2. The fourth-order valence-electron chi connectivity index (χ4n) is 4.00. The third-order valence-electron chi connectivity index (χ3n) is 5.66. The first-order chi connectivity index (χ1) is 16.0. The molecule has 4 amide bonds. The largest absolute Gasteiger partial charge is 0.412 e. The predicted octanol–water partition coefficient (Wildman–Crippen LogP) is 3.27. The highest BCUT2D eigenvalue weighted by Gasteiger charge is 2.44. The van der Waals surface area contributed by atoms with Crippen LogP contribution in [0.3, 0.4) is 0 Å². The Bertz CT molecular complexity index is 1220. The molecule has 7 nitrogen and oxygen atoms in total. The molecule has 0 bridgehead atoms. The Kier molecular flexibility index (Phi) is 6.07. The van der Waals surface area contributed by atoms with Gasteiger partial charge in [0.15, 0.2) is 6.04 Å². The molecule has 2 atom stereocenters. The molecule has 0 saturated carbocycles. The summed E-state index contributed by atoms with van der Waals surface area (Å²) < 4.78 is 54.6. The highest BCUT2D eigenvalue weighted by Crippen LogP contribution is 2.37. The number of imide groups is 1. The number of carbonyl (C=O) groups excluding carboxylic acids is 4. The van der Waals surface area contributed by atoms with Crippen LogP contribution in [0.5, 0.6) is 0 Å². The van der Waals surface area contributed by atoms with Gasteiger partial charge in [-0.05, 0) is 48.4 Å². The number of hydrogen-bond donors (Lipinski definition) is 2. The topological polar surface area (TPSA) is 95.6 Å². The number of rotatable bonds is 4. The summed E-state index contributed by atoms with van der Waals surface area (Å²) in [4.78, 5) is 50.2. The average Bonchev–Trinajstić information content (AvgIpc) is 3.08. The van der Waals surface area contributed by atoms with Crippen LogP contribution in [0.15, 0.2) is 36.4 Å². The number of halogens is 5. The third kappa shape index (κ3) is 4.47. The van der Waals surface area contributed by atoms with Crippen molar-refractivity contribution in [2.75, 3.05) is 0 Å². The van der Waals surface area contributed by atoms with Crippen LogP contribution in [0.1, 0.15) is 50.7 Å². The molecule has 1 saturated heterocycles. The van der Waals surface area contributed by atoms with E-state index in [9.17, 15) is 36.7 Å². The van der Waals surface area contributed by atoms with Crippen LogP contribution in [-0.2, 0) is 16.1 Å². The number of fused-ring (bicyclic) bond motifs is 1. The third-order valence-corrected chi connectivity index (χ3v) is 6.00. The van der Waals surface area contributed by atoms with E-state index in [1.165, 1.54) is 23.1 Å². The van der Waals surface area contributed by atoms with Gasteiger partial charge in [0.25, 0.3) is 11.8 Å². The standard InChI is InChI=1S/C22H16ClF4N3O4/c23-15-4-2-12(24)8-14(15)18(22(25,26)27)29-19(32)10-1-3-13-11(7-10)9-30(21(13)34)16-5-6-17(31)28-20(16)33/h1-4,7-8,16,18H,5-6,9H2,(H,29,32)(H,28,31,33). The number of alkyl halides is 3. The van der Waals surface area contributed by atoms with Crippen LogP contribution in [0, 0.1) is 5.82 Å². The van der Waals surface area contributed by atoms with Gasteiger partial charge < -0.3 is 10.2 Å². The SMILES string of the molecule is O=C1CCC(N2Cc3cc(C(=O)NC(c4cc(F)ccc4Cl)C(F)(F)F)ccc3C2=O)C(=O)N1. The van der Waals surface area contributed by atoms with E-state index in [2.05, 4.69) is 5.32 Å². The van der Waals surface area contributed by atoms with Crippen molar-refractivity contribution in [3.8, 4) is 0 Å². The summed E-state index contributed by atoms with van der Waals surface area (Å²) in [6, 6.07) is 2.73. The number of benzene rings is 2. The van der Waals surface area contributed by atoms with Gasteiger partial charge in [0.2, 0.25) is 11.8 Å². The first-order valence-electron chi connectivity index (χ1n) is 10.1. The maximum absolute atomic E-state index is 13.7. The van der Waals surface area contributed by atoms with E-state index in [0.29, 0.717) is 11.6 Å². The predicted molar refractivity (Wildman–Crippen MR) is 110 cm³/mol. The highest BCUT2D eigenvalue weighted by molar-refractivity contribution is 6.31. The Morgan fingerprint density at radius 2 is 1.88 bits per heavy atom. The van der Waals surface area contributed by atoms with Crippen molar-refractivity contribution in [3.63, 3.8) is 0 Å². The first kappa shape index (κ1) is 23.7.